The van der Waals surface area contributed by atoms with Gasteiger partial charge in [0.2, 0.25) is 5.95 Å². The van der Waals surface area contributed by atoms with Gasteiger partial charge in [-0.1, -0.05) is 33.8 Å². The van der Waals surface area contributed by atoms with Gasteiger partial charge in [0.1, 0.15) is 0 Å². The van der Waals surface area contributed by atoms with E-state index in [-0.39, 0.29) is 5.95 Å². The van der Waals surface area contributed by atoms with Crippen LogP contribution in [0.3, 0.4) is 0 Å². The van der Waals surface area contributed by atoms with Crippen LogP contribution in [0, 0.1) is 12.9 Å². The van der Waals surface area contributed by atoms with E-state index in [9.17, 15) is 4.39 Å². The summed E-state index contributed by atoms with van der Waals surface area (Å²) in [7, 11) is 0. The number of aromatic nitrogens is 1. The van der Waals surface area contributed by atoms with E-state index in [1.54, 1.807) is 19.1 Å². The molecule has 12 heavy (non-hydrogen) atoms. The molecule has 0 radical (unpaired) electrons. The van der Waals surface area contributed by atoms with Crippen LogP contribution in [0.15, 0.2) is 18.3 Å². The number of hydrogen-bond donors (Lipinski definition) is 0. The normalized spacial score (nSPS) is 7.17. The smallest absolute Gasteiger partial charge is 0.215 e. The van der Waals surface area contributed by atoms with Crippen molar-refractivity contribution in [3.63, 3.8) is 0 Å². The molecule has 0 aliphatic carbocycles. The van der Waals surface area contributed by atoms with E-state index in [4.69, 9.17) is 0 Å². The minimum absolute atomic E-state index is 0.382. The molecule has 1 heterocycles. The van der Waals surface area contributed by atoms with Crippen LogP contribution in [0.5, 0.6) is 0 Å². The fourth-order valence-corrected chi connectivity index (χ4v) is 0.466. The Balaban J connectivity index is 0. The van der Waals surface area contributed by atoms with Gasteiger partial charge in [-0.2, -0.15) is 4.39 Å². The molecule has 0 spiro atoms. The van der Waals surface area contributed by atoms with Crippen molar-refractivity contribution in [2.75, 3.05) is 0 Å². The molecule has 0 saturated carbocycles. The lowest BCUT2D eigenvalue weighted by Crippen LogP contribution is -1.83. The highest BCUT2D eigenvalue weighted by Gasteiger charge is 1.90. The minimum Gasteiger partial charge on any atom is -0.228 e. The van der Waals surface area contributed by atoms with Gasteiger partial charge in [-0.25, -0.2) is 4.98 Å². The SMILES string of the molecule is CC.CC.Cc1cccnc1F. The maximum absolute atomic E-state index is 12.2. The highest BCUT2D eigenvalue weighted by Crippen LogP contribution is 1.97. The third kappa shape index (κ3) is 5.83. The lowest BCUT2D eigenvalue weighted by Gasteiger charge is -1.88. The summed E-state index contributed by atoms with van der Waals surface area (Å²) in [6.45, 7) is 9.68. The van der Waals surface area contributed by atoms with E-state index in [1.807, 2.05) is 27.7 Å². The highest BCUT2D eigenvalue weighted by molar-refractivity contribution is 5.07. The third-order valence-corrected chi connectivity index (χ3v) is 0.946. The Bertz CT molecular complexity index is 166. The molecule has 0 N–H and O–H groups in total. The molecule has 0 amide bonds. The van der Waals surface area contributed by atoms with Gasteiger partial charge >= 0.3 is 0 Å². The van der Waals surface area contributed by atoms with Crippen molar-refractivity contribution in [1.82, 2.24) is 4.98 Å². The molecule has 0 aromatic carbocycles. The van der Waals surface area contributed by atoms with Gasteiger partial charge in [-0.3, -0.25) is 0 Å². The standard InChI is InChI=1S/C6H6FN.2C2H6/c1-5-3-2-4-8-6(5)7;2*1-2/h2-4H,1H3;2*1-2H3. The van der Waals surface area contributed by atoms with E-state index < -0.39 is 0 Å². The first-order valence-corrected chi connectivity index (χ1v) is 4.38. The summed E-state index contributed by atoms with van der Waals surface area (Å²) >= 11 is 0. The topological polar surface area (TPSA) is 12.9 Å². The van der Waals surface area contributed by atoms with Crippen LogP contribution in [0.2, 0.25) is 0 Å². The van der Waals surface area contributed by atoms with Crippen molar-refractivity contribution in [1.29, 1.82) is 0 Å². The van der Waals surface area contributed by atoms with Crippen molar-refractivity contribution in [2.24, 2.45) is 0 Å². The van der Waals surface area contributed by atoms with E-state index in [0.29, 0.717) is 5.56 Å². The number of nitrogens with zero attached hydrogens (tertiary/aromatic N) is 1. The Morgan fingerprint density at radius 2 is 1.67 bits per heavy atom. The lowest BCUT2D eigenvalue weighted by atomic mass is 10.3. The van der Waals surface area contributed by atoms with Crippen LogP contribution in [0.25, 0.3) is 0 Å². The lowest BCUT2D eigenvalue weighted by molar-refractivity contribution is 0.574. The first kappa shape index (κ1) is 13.7. The Morgan fingerprint density at radius 1 is 1.17 bits per heavy atom. The molecule has 0 atom stereocenters. The summed E-state index contributed by atoms with van der Waals surface area (Å²) in [5.41, 5.74) is 0.590. The van der Waals surface area contributed by atoms with E-state index in [0.717, 1.165) is 0 Å². The molecule has 0 fully saturated rings. The van der Waals surface area contributed by atoms with Crippen LogP contribution in [-0.2, 0) is 0 Å². The fraction of sp³-hybridized carbons (Fsp3) is 0.500. The number of halogens is 1. The van der Waals surface area contributed by atoms with Gasteiger partial charge in [0, 0.05) is 11.8 Å². The quantitative estimate of drug-likeness (QED) is 0.544. The first-order chi connectivity index (χ1) is 5.80. The maximum atomic E-state index is 12.2. The Labute approximate surface area is 74.7 Å². The molecule has 1 nitrogen and oxygen atoms in total. The summed E-state index contributed by atoms with van der Waals surface area (Å²) in [6, 6.07) is 3.39. The Kier molecular flexibility index (Phi) is 11.5. The molecule has 70 valence electrons. The summed E-state index contributed by atoms with van der Waals surface area (Å²) in [4.78, 5) is 3.41. The molecule has 1 aromatic rings. The van der Waals surface area contributed by atoms with E-state index in [1.165, 1.54) is 6.20 Å². The summed E-state index contributed by atoms with van der Waals surface area (Å²) in [6.07, 6.45) is 1.43. The molecule has 0 aliphatic heterocycles. The van der Waals surface area contributed by atoms with Crippen LogP contribution in [-0.4, -0.2) is 4.98 Å². The van der Waals surface area contributed by atoms with Crippen LogP contribution < -0.4 is 0 Å². The van der Waals surface area contributed by atoms with E-state index in [2.05, 4.69) is 4.98 Å². The van der Waals surface area contributed by atoms with Crippen molar-refractivity contribution in [3.05, 3.63) is 29.8 Å². The summed E-state index contributed by atoms with van der Waals surface area (Å²) in [5, 5.41) is 0. The number of hydrogen-bond acceptors (Lipinski definition) is 1. The van der Waals surface area contributed by atoms with Crippen LogP contribution in [0.1, 0.15) is 33.3 Å². The largest absolute Gasteiger partial charge is 0.228 e. The Hall–Kier alpha value is -0.920. The van der Waals surface area contributed by atoms with Gasteiger partial charge in [0.15, 0.2) is 0 Å². The molecule has 2 heteroatoms. The van der Waals surface area contributed by atoms with Gasteiger partial charge in [-0.15, -0.1) is 0 Å². The van der Waals surface area contributed by atoms with Crippen molar-refractivity contribution >= 4 is 0 Å². The Morgan fingerprint density at radius 3 is 1.92 bits per heavy atom. The molecule has 0 bridgehead atoms. The molecule has 1 aromatic heterocycles. The predicted octanol–water partition coefficient (Wildman–Crippen LogP) is 3.58. The van der Waals surface area contributed by atoms with Gasteiger partial charge in [0.25, 0.3) is 0 Å². The second kappa shape index (κ2) is 10.1. The average Bonchev–Trinajstić information content (AvgIpc) is 2.17. The van der Waals surface area contributed by atoms with Gasteiger partial charge < -0.3 is 0 Å². The molecule has 0 aliphatic rings. The monoisotopic (exact) mass is 171 g/mol. The van der Waals surface area contributed by atoms with E-state index >= 15 is 0 Å². The van der Waals surface area contributed by atoms with Crippen LogP contribution in [0.4, 0.5) is 4.39 Å². The second-order valence-corrected chi connectivity index (χ2v) is 1.61. The predicted molar refractivity (Wildman–Crippen MR) is 51.6 cm³/mol. The molecule has 0 saturated heterocycles. The maximum Gasteiger partial charge on any atom is 0.215 e. The number of pyridine rings is 1. The van der Waals surface area contributed by atoms with Gasteiger partial charge in [0.05, 0.1) is 0 Å². The van der Waals surface area contributed by atoms with Crippen LogP contribution >= 0.6 is 0 Å². The number of aryl methyl sites for hydroxylation is 1. The molecular weight excluding hydrogens is 153 g/mol. The zero-order valence-corrected chi connectivity index (χ0v) is 8.56. The van der Waals surface area contributed by atoms with Crippen molar-refractivity contribution in [3.8, 4) is 0 Å². The molecule has 1 rings (SSSR count). The fourth-order valence-electron chi connectivity index (χ4n) is 0.466. The summed E-state index contributed by atoms with van der Waals surface area (Å²) in [5.74, 6) is -0.382. The third-order valence-electron chi connectivity index (χ3n) is 0.946. The first-order valence-electron chi connectivity index (χ1n) is 4.38. The zero-order chi connectivity index (χ0) is 9.98. The second-order valence-electron chi connectivity index (χ2n) is 1.61. The highest BCUT2D eigenvalue weighted by atomic mass is 19.1. The zero-order valence-electron chi connectivity index (χ0n) is 8.56. The average molecular weight is 171 g/mol. The molecule has 0 unspecified atom stereocenters. The molecular formula is C10H18FN. The van der Waals surface area contributed by atoms with Crippen molar-refractivity contribution in [2.45, 2.75) is 34.6 Å². The minimum atomic E-state index is -0.382. The number of rotatable bonds is 0. The summed E-state index contributed by atoms with van der Waals surface area (Å²) < 4.78 is 12.2. The van der Waals surface area contributed by atoms with Crippen molar-refractivity contribution < 1.29 is 4.39 Å². The van der Waals surface area contributed by atoms with Gasteiger partial charge in [-0.05, 0) is 13.0 Å².